The zero-order chi connectivity index (χ0) is 18.6. The molecule has 1 aliphatic heterocycles. The van der Waals surface area contributed by atoms with E-state index >= 15 is 0 Å². The van der Waals surface area contributed by atoms with Crippen LogP contribution in [0.25, 0.3) is 0 Å². The van der Waals surface area contributed by atoms with E-state index in [0.717, 1.165) is 29.5 Å². The van der Waals surface area contributed by atoms with Gasteiger partial charge in [0.15, 0.2) is 0 Å². The fourth-order valence-electron chi connectivity index (χ4n) is 4.18. The molecule has 3 aliphatic rings. The summed E-state index contributed by atoms with van der Waals surface area (Å²) < 4.78 is 13.8. The fourth-order valence-corrected chi connectivity index (χ4v) is 4.18. The van der Waals surface area contributed by atoms with Crippen LogP contribution in [0.5, 0.6) is 0 Å². The Morgan fingerprint density at radius 2 is 1.85 bits per heavy atom. The minimum atomic E-state index is -0.845. The van der Waals surface area contributed by atoms with Crippen molar-refractivity contribution in [2.45, 2.75) is 6.42 Å². The van der Waals surface area contributed by atoms with Crippen LogP contribution in [0.2, 0.25) is 0 Å². The molecule has 4 atom stereocenters. The van der Waals surface area contributed by atoms with Crippen LogP contribution in [0.4, 0.5) is 15.8 Å². The van der Waals surface area contributed by atoms with Crippen LogP contribution >= 0.6 is 0 Å². The van der Waals surface area contributed by atoms with Crippen molar-refractivity contribution >= 4 is 29.1 Å². The molecule has 0 spiro atoms. The van der Waals surface area contributed by atoms with Gasteiger partial charge in [0.2, 0.25) is 17.7 Å². The molecule has 9 heteroatoms. The standard InChI is InChI=1S/C17H14FN3O5/c18-11-4-3-10(21(25)26)6-12(11)19-13(22)7-20-16(23)14-8-1-2-9(5-8)15(14)17(20)24/h1-4,6,8-9,14-15H,5,7H2,(H,19,22). The van der Waals surface area contributed by atoms with Crippen molar-refractivity contribution in [1.29, 1.82) is 0 Å². The Balaban J connectivity index is 1.48. The van der Waals surface area contributed by atoms with Crippen LogP contribution < -0.4 is 5.32 Å². The Morgan fingerprint density at radius 1 is 1.23 bits per heavy atom. The lowest BCUT2D eigenvalue weighted by molar-refractivity contribution is -0.384. The first-order valence-corrected chi connectivity index (χ1v) is 8.14. The molecule has 8 nitrogen and oxygen atoms in total. The maximum atomic E-state index is 13.8. The van der Waals surface area contributed by atoms with Gasteiger partial charge in [0.05, 0.1) is 22.4 Å². The first kappa shape index (κ1) is 16.4. The maximum Gasteiger partial charge on any atom is 0.271 e. The summed E-state index contributed by atoms with van der Waals surface area (Å²) in [6, 6.07) is 2.73. The molecular weight excluding hydrogens is 345 g/mol. The number of hydrogen-bond donors (Lipinski definition) is 1. The average molecular weight is 359 g/mol. The van der Waals surface area contributed by atoms with Crippen LogP contribution in [0.1, 0.15) is 6.42 Å². The number of imide groups is 1. The summed E-state index contributed by atoms with van der Waals surface area (Å²) in [5, 5.41) is 13.0. The average Bonchev–Trinajstić information content (AvgIpc) is 3.26. The number of amides is 3. The second-order valence-corrected chi connectivity index (χ2v) is 6.73. The number of carbonyl (C=O) groups excluding carboxylic acids is 3. The highest BCUT2D eigenvalue weighted by atomic mass is 19.1. The quantitative estimate of drug-likeness (QED) is 0.379. The lowest BCUT2D eigenvalue weighted by Crippen LogP contribution is -2.39. The predicted molar refractivity (Wildman–Crippen MR) is 86.1 cm³/mol. The number of nitro groups is 1. The Labute approximate surface area is 146 Å². The van der Waals surface area contributed by atoms with E-state index in [1.807, 2.05) is 12.2 Å². The number of carbonyl (C=O) groups is 3. The van der Waals surface area contributed by atoms with Gasteiger partial charge in [-0.3, -0.25) is 29.4 Å². The van der Waals surface area contributed by atoms with Gasteiger partial charge in [0, 0.05) is 12.1 Å². The highest BCUT2D eigenvalue weighted by Gasteiger charge is 2.59. The molecule has 1 N–H and O–H groups in total. The molecule has 2 aliphatic carbocycles. The predicted octanol–water partition coefficient (Wildman–Crippen LogP) is 1.48. The minimum absolute atomic E-state index is 0.0312. The van der Waals surface area contributed by atoms with E-state index in [9.17, 15) is 28.9 Å². The van der Waals surface area contributed by atoms with Gasteiger partial charge in [0.25, 0.3) is 5.69 Å². The molecule has 134 valence electrons. The lowest BCUT2D eigenvalue weighted by atomic mass is 9.85. The van der Waals surface area contributed by atoms with Crippen LogP contribution in [-0.2, 0) is 14.4 Å². The molecule has 0 aromatic heterocycles. The summed E-state index contributed by atoms with van der Waals surface area (Å²) >= 11 is 0. The van der Waals surface area contributed by atoms with E-state index in [0.29, 0.717) is 0 Å². The molecule has 2 fully saturated rings. The zero-order valence-corrected chi connectivity index (χ0v) is 13.4. The molecule has 0 radical (unpaired) electrons. The largest absolute Gasteiger partial charge is 0.322 e. The normalized spacial score (nSPS) is 28.6. The molecule has 3 amide bonds. The van der Waals surface area contributed by atoms with E-state index in [-0.39, 0.29) is 35.0 Å². The number of nitrogens with zero attached hydrogens (tertiary/aromatic N) is 2. The van der Waals surface area contributed by atoms with E-state index in [1.54, 1.807) is 0 Å². The molecular formula is C17H14FN3O5. The molecule has 2 bridgehead atoms. The van der Waals surface area contributed by atoms with Gasteiger partial charge >= 0.3 is 0 Å². The summed E-state index contributed by atoms with van der Waals surface area (Å²) in [5.41, 5.74) is -0.752. The number of likely N-dealkylation sites (tertiary alicyclic amines) is 1. The molecule has 4 rings (SSSR count). The third kappa shape index (κ3) is 2.39. The van der Waals surface area contributed by atoms with Gasteiger partial charge in [-0.05, 0) is 24.3 Å². The third-order valence-corrected chi connectivity index (χ3v) is 5.30. The summed E-state index contributed by atoms with van der Waals surface area (Å²) in [4.78, 5) is 48.2. The van der Waals surface area contributed by atoms with Gasteiger partial charge in [-0.15, -0.1) is 0 Å². The fraction of sp³-hybridized carbons (Fsp3) is 0.353. The van der Waals surface area contributed by atoms with Gasteiger partial charge in [0.1, 0.15) is 12.4 Å². The molecule has 1 heterocycles. The van der Waals surface area contributed by atoms with Crippen molar-refractivity contribution in [2.75, 3.05) is 11.9 Å². The lowest BCUT2D eigenvalue weighted by Gasteiger charge is -2.16. The van der Waals surface area contributed by atoms with Crippen molar-refractivity contribution in [3.8, 4) is 0 Å². The summed E-state index contributed by atoms with van der Waals surface area (Å²) in [5.74, 6) is -3.17. The number of nitrogens with one attached hydrogen (secondary N) is 1. The van der Waals surface area contributed by atoms with Gasteiger partial charge in [-0.2, -0.15) is 0 Å². The van der Waals surface area contributed by atoms with Crippen LogP contribution in [0.3, 0.4) is 0 Å². The highest BCUT2D eigenvalue weighted by molar-refractivity contribution is 6.09. The Morgan fingerprint density at radius 3 is 2.42 bits per heavy atom. The van der Waals surface area contributed by atoms with Gasteiger partial charge in [-0.1, -0.05) is 12.2 Å². The van der Waals surface area contributed by atoms with Crippen molar-refractivity contribution < 1.29 is 23.7 Å². The van der Waals surface area contributed by atoms with E-state index in [4.69, 9.17) is 0 Å². The number of fused-ring (bicyclic) bond motifs is 5. The van der Waals surface area contributed by atoms with Gasteiger partial charge < -0.3 is 5.32 Å². The Bertz CT molecular complexity index is 853. The molecule has 26 heavy (non-hydrogen) atoms. The van der Waals surface area contributed by atoms with Crippen molar-refractivity contribution in [2.24, 2.45) is 23.7 Å². The van der Waals surface area contributed by atoms with Crippen molar-refractivity contribution in [1.82, 2.24) is 4.90 Å². The summed E-state index contributed by atoms with van der Waals surface area (Å²) in [7, 11) is 0. The van der Waals surface area contributed by atoms with E-state index in [1.165, 1.54) is 0 Å². The molecule has 1 aromatic carbocycles. The number of allylic oxidation sites excluding steroid dienone is 2. The Kier molecular flexibility index (Phi) is 3.60. The summed E-state index contributed by atoms with van der Waals surface area (Å²) in [6.45, 7) is -0.535. The molecule has 1 saturated heterocycles. The highest BCUT2D eigenvalue weighted by Crippen LogP contribution is 2.52. The second kappa shape index (κ2) is 5.72. The van der Waals surface area contributed by atoms with Crippen molar-refractivity contribution in [3.63, 3.8) is 0 Å². The number of nitro benzene ring substituents is 1. The molecule has 1 aromatic rings. The first-order valence-electron chi connectivity index (χ1n) is 8.14. The van der Waals surface area contributed by atoms with E-state index < -0.39 is 35.0 Å². The van der Waals surface area contributed by atoms with Crippen LogP contribution in [-0.4, -0.2) is 34.1 Å². The topological polar surface area (TPSA) is 110 Å². The number of halogens is 1. The monoisotopic (exact) mass is 359 g/mol. The van der Waals surface area contributed by atoms with E-state index in [2.05, 4.69) is 5.32 Å². The minimum Gasteiger partial charge on any atom is -0.322 e. The van der Waals surface area contributed by atoms with Gasteiger partial charge in [-0.25, -0.2) is 4.39 Å². The second-order valence-electron chi connectivity index (χ2n) is 6.73. The third-order valence-electron chi connectivity index (χ3n) is 5.30. The number of rotatable bonds is 4. The zero-order valence-electron chi connectivity index (χ0n) is 13.4. The van der Waals surface area contributed by atoms with Crippen LogP contribution in [0.15, 0.2) is 30.4 Å². The number of benzene rings is 1. The number of anilines is 1. The number of hydrogen-bond acceptors (Lipinski definition) is 5. The van der Waals surface area contributed by atoms with Crippen LogP contribution in [0, 0.1) is 39.6 Å². The first-order chi connectivity index (χ1) is 12.4. The van der Waals surface area contributed by atoms with Crippen molar-refractivity contribution in [3.05, 3.63) is 46.3 Å². The maximum absolute atomic E-state index is 13.8. The molecule has 1 saturated carbocycles. The summed E-state index contributed by atoms with van der Waals surface area (Å²) in [6.07, 6.45) is 4.67. The number of non-ortho nitro benzene ring substituents is 1. The smallest absolute Gasteiger partial charge is 0.271 e. The molecule has 4 unspecified atom stereocenters. The Hall–Kier alpha value is -3.10. The SMILES string of the molecule is O=C(CN1C(=O)C2C3C=CC(C3)C2C1=O)Nc1cc([N+](=O)[O-])ccc1F.